The maximum Gasteiger partial charge on any atom is 0.277 e. The minimum Gasteiger partial charge on any atom is -0.507 e. The number of amides is 1. The first-order valence-corrected chi connectivity index (χ1v) is 10.7. The number of hydrogen-bond donors (Lipinski definition) is 4. The number of halogens is 1. The maximum atomic E-state index is 13.6. The Morgan fingerprint density at radius 1 is 1.39 bits per heavy atom. The molecule has 1 saturated heterocycles. The van der Waals surface area contributed by atoms with Gasteiger partial charge in [0.15, 0.2) is 11.5 Å². The smallest absolute Gasteiger partial charge is 0.277 e. The molecule has 31 heavy (non-hydrogen) atoms. The van der Waals surface area contributed by atoms with Gasteiger partial charge in [-0.2, -0.15) is 5.10 Å². The van der Waals surface area contributed by atoms with Crippen molar-refractivity contribution in [2.24, 2.45) is 18.7 Å². The number of anilines is 3. The second-order valence-electron chi connectivity index (χ2n) is 7.52. The maximum absolute atomic E-state index is 13.6. The average Bonchev–Trinajstić information content (AvgIpc) is 3.32. The molecule has 1 amide bonds. The summed E-state index contributed by atoms with van der Waals surface area (Å²) < 4.78 is 15.3. The summed E-state index contributed by atoms with van der Waals surface area (Å²) in [7, 11) is 1.82. The van der Waals surface area contributed by atoms with Crippen molar-refractivity contribution in [1.82, 2.24) is 14.8 Å². The third-order valence-electron chi connectivity index (χ3n) is 5.46. The topological polar surface area (TPSA) is 135 Å². The van der Waals surface area contributed by atoms with Gasteiger partial charge >= 0.3 is 0 Å². The monoisotopic (exact) mass is 445 g/mol. The molecule has 2 aromatic heterocycles. The highest BCUT2D eigenvalue weighted by molar-refractivity contribution is 7.19. The summed E-state index contributed by atoms with van der Waals surface area (Å²) in [5.41, 5.74) is 12.6. The van der Waals surface area contributed by atoms with Crippen LogP contribution in [0.2, 0.25) is 0 Å². The van der Waals surface area contributed by atoms with Gasteiger partial charge in [-0.15, -0.1) is 0 Å². The Hall–Kier alpha value is -3.18. The Balaban J connectivity index is 1.56. The molecule has 164 valence electrons. The molecule has 0 saturated carbocycles. The van der Waals surface area contributed by atoms with Gasteiger partial charge in [-0.1, -0.05) is 11.3 Å². The number of aromatic hydroxyl groups is 1. The first kappa shape index (κ1) is 21.1. The van der Waals surface area contributed by atoms with Gasteiger partial charge in [0, 0.05) is 20.1 Å². The van der Waals surface area contributed by atoms with Crippen molar-refractivity contribution in [3.63, 3.8) is 0 Å². The van der Waals surface area contributed by atoms with Crippen LogP contribution in [0.4, 0.5) is 20.9 Å². The zero-order valence-electron chi connectivity index (χ0n) is 17.0. The van der Waals surface area contributed by atoms with Crippen LogP contribution in [0.5, 0.6) is 5.75 Å². The lowest BCUT2D eigenvalue weighted by molar-refractivity contribution is 0.102. The van der Waals surface area contributed by atoms with Crippen molar-refractivity contribution >= 4 is 33.8 Å². The van der Waals surface area contributed by atoms with E-state index in [9.17, 15) is 14.3 Å². The fraction of sp³-hybridized carbons (Fsp3) is 0.350. The first-order valence-electron chi connectivity index (χ1n) is 9.91. The standard InChI is InChI=1S/C20H24FN7O2S/c1-27-20(28-6-4-11(9-22)5-7-28)14(10-24-27)25-18(30)16-17(23)31-19(26-16)13-8-12(21)2-3-15(13)29/h2-3,8,10-11,29H,4-7,9,22-23H2,1H3,(H,25,30). The van der Waals surface area contributed by atoms with Crippen molar-refractivity contribution in [3.8, 4) is 16.3 Å². The fourth-order valence-corrected chi connectivity index (χ4v) is 4.60. The molecule has 0 bridgehead atoms. The van der Waals surface area contributed by atoms with Crippen LogP contribution in [0, 0.1) is 11.7 Å². The number of phenols is 1. The van der Waals surface area contributed by atoms with Crippen molar-refractivity contribution in [2.45, 2.75) is 12.8 Å². The third-order valence-corrected chi connectivity index (χ3v) is 6.38. The minimum atomic E-state index is -0.522. The largest absolute Gasteiger partial charge is 0.507 e. The number of phenolic OH excluding ortho intramolecular Hbond substituents is 1. The molecule has 11 heteroatoms. The number of nitrogens with one attached hydrogen (secondary N) is 1. The summed E-state index contributed by atoms with van der Waals surface area (Å²) in [6.07, 6.45) is 3.55. The van der Waals surface area contributed by atoms with E-state index < -0.39 is 11.7 Å². The zero-order valence-corrected chi connectivity index (χ0v) is 17.8. The lowest BCUT2D eigenvalue weighted by Crippen LogP contribution is -2.37. The Morgan fingerprint density at radius 2 is 2.13 bits per heavy atom. The molecule has 9 nitrogen and oxygen atoms in total. The van der Waals surface area contributed by atoms with Crippen LogP contribution in [-0.4, -0.2) is 45.4 Å². The van der Waals surface area contributed by atoms with Crippen LogP contribution >= 0.6 is 11.3 Å². The molecule has 3 heterocycles. The molecule has 4 rings (SSSR count). The van der Waals surface area contributed by atoms with Crippen LogP contribution in [-0.2, 0) is 7.05 Å². The molecule has 6 N–H and O–H groups in total. The Labute approximate surface area is 182 Å². The number of aryl methyl sites for hydroxylation is 1. The van der Waals surface area contributed by atoms with Crippen molar-refractivity contribution in [2.75, 3.05) is 35.6 Å². The van der Waals surface area contributed by atoms with E-state index in [1.165, 1.54) is 6.07 Å². The van der Waals surface area contributed by atoms with E-state index in [-0.39, 0.29) is 27.0 Å². The predicted octanol–water partition coefficient (Wildman–Crippen LogP) is 2.40. The summed E-state index contributed by atoms with van der Waals surface area (Å²) in [5.74, 6) is 0.154. The number of carbonyl (C=O) groups is 1. The SMILES string of the molecule is Cn1ncc(NC(=O)c2nc(-c3cc(F)ccc3O)sc2N)c1N1CCC(CN)CC1. The third kappa shape index (κ3) is 4.19. The number of nitrogen functional groups attached to an aromatic ring is 1. The van der Waals surface area contributed by atoms with Gasteiger partial charge in [-0.25, -0.2) is 9.37 Å². The van der Waals surface area contributed by atoms with Crippen molar-refractivity contribution in [3.05, 3.63) is 35.9 Å². The van der Waals surface area contributed by atoms with E-state index in [1.807, 2.05) is 7.05 Å². The number of thiazole rings is 1. The van der Waals surface area contributed by atoms with Gasteiger partial charge in [-0.3, -0.25) is 9.48 Å². The van der Waals surface area contributed by atoms with Crippen LogP contribution in [0.25, 0.3) is 10.6 Å². The molecule has 3 aromatic rings. The molecular weight excluding hydrogens is 421 g/mol. The van der Waals surface area contributed by atoms with Gasteiger partial charge in [-0.05, 0) is 43.5 Å². The molecule has 1 aromatic carbocycles. The Morgan fingerprint density at radius 3 is 2.84 bits per heavy atom. The average molecular weight is 446 g/mol. The molecule has 0 spiro atoms. The number of nitrogens with two attached hydrogens (primary N) is 2. The normalized spacial score (nSPS) is 14.7. The Kier molecular flexibility index (Phi) is 5.79. The number of carbonyl (C=O) groups excluding carboxylic acids is 1. The van der Waals surface area contributed by atoms with E-state index in [2.05, 4.69) is 20.3 Å². The summed E-state index contributed by atoms with van der Waals surface area (Å²) in [6.45, 7) is 2.33. The van der Waals surface area contributed by atoms with Gasteiger partial charge in [0.1, 0.15) is 27.3 Å². The minimum absolute atomic E-state index is 0.0142. The lowest BCUT2D eigenvalue weighted by Gasteiger charge is -2.33. The van der Waals surface area contributed by atoms with Crippen molar-refractivity contribution in [1.29, 1.82) is 0 Å². The van der Waals surface area contributed by atoms with E-state index in [1.54, 1.807) is 10.9 Å². The van der Waals surface area contributed by atoms with Gasteiger partial charge in [0.25, 0.3) is 5.91 Å². The van der Waals surface area contributed by atoms with E-state index >= 15 is 0 Å². The molecule has 1 aliphatic rings. The van der Waals surface area contributed by atoms with Crippen LogP contribution in [0.1, 0.15) is 23.3 Å². The van der Waals surface area contributed by atoms with E-state index in [0.29, 0.717) is 18.2 Å². The van der Waals surface area contributed by atoms with Crippen LogP contribution < -0.4 is 21.7 Å². The van der Waals surface area contributed by atoms with Gasteiger partial charge in [0.05, 0.1) is 11.8 Å². The van der Waals surface area contributed by atoms with E-state index in [4.69, 9.17) is 11.5 Å². The summed E-state index contributed by atoms with van der Waals surface area (Å²) >= 11 is 1.01. The lowest BCUT2D eigenvalue weighted by atomic mass is 9.97. The molecule has 1 fully saturated rings. The highest BCUT2D eigenvalue weighted by Gasteiger charge is 2.25. The first-order chi connectivity index (χ1) is 14.9. The second kappa shape index (κ2) is 8.52. The number of rotatable bonds is 5. The molecule has 1 aliphatic heterocycles. The molecular formula is C20H24FN7O2S. The summed E-state index contributed by atoms with van der Waals surface area (Å²) in [5, 5.41) is 17.6. The van der Waals surface area contributed by atoms with Gasteiger partial charge in [0.2, 0.25) is 0 Å². The quantitative estimate of drug-likeness (QED) is 0.473. The summed E-state index contributed by atoms with van der Waals surface area (Å²) in [6, 6.07) is 3.53. The van der Waals surface area contributed by atoms with E-state index in [0.717, 1.165) is 55.2 Å². The van der Waals surface area contributed by atoms with Gasteiger partial charge < -0.3 is 26.8 Å². The molecule has 0 radical (unpaired) electrons. The second-order valence-corrected chi connectivity index (χ2v) is 8.55. The molecule has 0 atom stereocenters. The number of nitrogens with zero attached hydrogens (tertiary/aromatic N) is 4. The number of piperidine rings is 1. The van der Waals surface area contributed by atoms with Crippen LogP contribution in [0.15, 0.2) is 24.4 Å². The van der Waals surface area contributed by atoms with Crippen LogP contribution in [0.3, 0.4) is 0 Å². The number of benzene rings is 1. The summed E-state index contributed by atoms with van der Waals surface area (Å²) in [4.78, 5) is 19.3. The number of hydrogen-bond acceptors (Lipinski definition) is 8. The molecule has 0 aliphatic carbocycles. The predicted molar refractivity (Wildman–Crippen MR) is 119 cm³/mol. The van der Waals surface area contributed by atoms with Crippen molar-refractivity contribution < 1.29 is 14.3 Å². The highest BCUT2D eigenvalue weighted by Crippen LogP contribution is 2.36. The Bertz CT molecular complexity index is 1110. The fourth-order valence-electron chi connectivity index (χ4n) is 3.75. The zero-order chi connectivity index (χ0) is 22.1. The molecule has 0 unspecified atom stereocenters. The number of aromatic nitrogens is 3. The highest BCUT2D eigenvalue weighted by atomic mass is 32.1.